The third-order valence-corrected chi connectivity index (χ3v) is 3.88. The van der Waals surface area contributed by atoms with Crippen molar-refractivity contribution in [2.75, 3.05) is 38.6 Å². The van der Waals surface area contributed by atoms with Crippen LogP contribution in [0.1, 0.15) is 29.6 Å². The normalized spacial score (nSPS) is 18.6. The molecule has 4 nitrogen and oxygen atoms in total. The predicted molar refractivity (Wildman–Crippen MR) is 83.3 cm³/mol. The van der Waals surface area contributed by atoms with Gasteiger partial charge in [-0.1, -0.05) is 0 Å². The van der Waals surface area contributed by atoms with Crippen molar-refractivity contribution in [2.45, 2.75) is 19.3 Å². The molecular weight excluding hydrogens is 250 g/mol. The van der Waals surface area contributed by atoms with E-state index in [1.807, 2.05) is 43.3 Å². The Hall–Kier alpha value is -1.55. The summed E-state index contributed by atoms with van der Waals surface area (Å²) in [5.74, 6) is 0.735. The van der Waals surface area contributed by atoms with E-state index in [4.69, 9.17) is 0 Å². The lowest BCUT2D eigenvalue weighted by atomic mass is 9.96. The summed E-state index contributed by atoms with van der Waals surface area (Å²) in [7, 11) is 3.99. The lowest BCUT2D eigenvalue weighted by Crippen LogP contribution is -2.33. The summed E-state index contributed by atoms with van der Waals surface area (Å²) in [6.45, 7) is 3.00. The van der Waals surface area contributed by atoms with Gasteiger partial charge in [0.05, 0.1) is 0 Å². The quantitative estimate of drug-likeness (QED) is 0.862. The minimum absolute atomic E-state index is 0.0269. The largest absolute Gasteiger partial charge is 0.378 e. The molecule has 0 saturated carbocycles. The summed E-state index contributed by atoms with van der Waals surface area (Å²) in [6, 6.07) is 7.71. The first-order valence-electron chi connectivity index (χ1n) is 7.43. The fourth-order valence-electron chi connectivity index (χ4n) is 2.57. The first-order valence-corrected chi connectivity index (χ1v) is 7.43. The van der Waals surface area contributed by atoms with Crippen molar-refractivity contribution < 1.29 is 4.79 Å². The van der Waals surface area contributed by atoms with E-state index < -0.39 is 0 Å². The van der Waals surface area contributed by atoms with Crippen LogP contribution in [0.2, 0.25) is 0 Å². The molecule has 0 spiro atoms. The molecule has 2 rings (SSSR count). The molecule has 0 aromatic heterocycles. The summed E-state index contributed by atoms with van der Waals surface area (Å²) in [5.41, 5.74) is 1.84. The van der Waals surface area contributed by atoms with Gasteiger partial charge in [-0.25, -0.2) is 0 Å². The number of anilines is 1. The zero-order chi connectivity index (χ0) is 14.4. The van der Waals surface area contributed by atoms with Crippen LogP contribution in [0, 0.1) is 5.92 Å². The molecule has 0 bridgehead atoms. The number of benzene rings is 1. The molecule has 2 N–H and O–H groups in total. The van der Waals surface area contributed by atoms with Crippen molar-refractivity contribution in [3.05, 3.63) is 29.8 Å². The van der Waals surface area contributed by atoms with Gasteiger partial charge in [-0.3, -0.25) is 4.79 Å². The maximum Gasteiger partial charge on any atom is 0.251 e. The standard InChI is InChI=1S/C16H25N3O/c1-19(2)15-7-5-14(6-8-15)16(20)18-11-9-13-4-3-10-17-12-13/h5-8,13,17H,3-4,9-12H2,1-2H3,(H,18,20). The number of nitrogens with one attached hydrogen (secondary N) is 2. The number of piperidine rings is 1. The second-order valence-corrected chi connectivity index (χ2v) is 5.70. The molecular formula is C16H25N3O. The number of rotatable bonds is 5. The number of hydrogen-bond donors (Lipinski definition) is 2. The minimum atomic E-state index is 0.0269. The molecule has 1 atom stereocenters. The van der Waals surface area contributed by atoms with E-state index >= 15 is 0 Å². The minimum Gasteiger partial charge on any atom is -0.378 e. The topological polar surface area (TPSA) is 44.4 Å². The van der Waals surface area contributed by atoms with Crippen molar-refractivity contribution >= 4 is 11.6 Å². The molecule has 4 heteroatoms. The van der Waals surface area contributed by atoms with Crippen molar-refractivity contribution in [1.29, 1.82) is 0 Å². The van der Waals surface area contributed by atoms with Crippen LogP contribution in [0.4, 0.5) is 5.69 Å². The third kappa shape index (κ3) is 4.23. The van der Waals surface area contributed by atoms with Gasteiger partial charge >= 0.3 is 0 Å². The van der Waals surface area contributed by atoms with E-state index in [0.29, 0.717) is 5.92 Å². The van der Waals surface area contributed by atoms with E-state index in [9.17, 15) is 4.79 Å². The molecule has 1 aromatic carbocycles. The highest BCUT2D eigenvalue weighted by Gasteiger charge is 2.13. The van der Waals surface area contributed by atoms with Crippen LogP contribution in [-0.2, 0) is 0 Å². The molecule has 0 radical (unpaired) electrons. The Balaban J connectivity index is 1.76. The van der Waals surface area contributed by atoms with Gasteiger partial charge in [-0.05, 0) is 62.5 Å². The smallest absolute Gasteiger partial charge is 0.251 e. The summed E-state index contributed by atoms with van der Waals surface area (Å²) in [5, 5.41) is 6.42. The predicted octanol–water partition coefficient (Wildman–Crippen LogP) is 1.87. The highest BCUT2D eigenvalue weighted by atomic mass is 16.1. The van der Waals surface area contributed by atoms with E-state index in [1.165, 1.54) is 12.8 Å². The molecule has 1 unspecified atom stereocenters. The summed E-state index contributed by atoms with van der Waals surface area (Å²) in [4.78, 5) is 14.1. The Kier molecular flexibility index (Phi) is 5.41. The van der Waals surface area contributed by atoms with Crippen molar-refractivity contribution in [3.8, 4) is 0 Å². The summed E-state index contributed by atoms with van der Waals surface area (Å²) < 4.78 is 0. The second-order valence-electron chi connectivity index (χ2n) is 5.70. The van der Waals surface area contributed by atoms with Crippen LogP contribution < -0.4 is 15.5 Å². The highest BCUT2D eigenvalue weighted by molar-refractivity contribution is 5.94. The molecule has 20 heavy (non-hydrogen) atoms. The van der Waals surface area contributed by atoms with Gasteiger partial charge in [0.15, 0.2) is 0 Å². The lowest BCUT2D eigenvalue weighted by molar-refractivity contribution is 0.0950. The zero-order valence-electron chi connectivity index (χ0n) is 12.5. The van der Waals surface area contributed by atoms with E-state index in [-0.39, 0.29) is 5.91 Å². The molecule has 0 aliphatic carbocycles. The van der Waals surface area contributed by atoms with Crippen LogP contribution in [0.5, 0.6) is 0 Å². The molecule has 1 fully saturated rings. The van der Waals surface area contributed by atoms with E-state index in [2.05, 4.69) is 10.6 Å². The maximum absolute atomic E-state index is 12.0. The maximum atomic E-state index is 12.0. The van der Waals surface area contributed by atoms with Gasteiger partial charge in [0, 0.05) is 31.9 Å². The summed E-state index contributed by atoms with van der Waals surface area (Å²) >= 11 is 0. The lowest BCUT2D eigenvalue weighted by Gasteiger charge is -2.22. The van der Waals surface area contributed by atoms with Crippen LogP contribution in [0.25, 0.3) is 0 Å². The average Bonchev–Trinajstić information content (AvgIpc) is 2.48. The van der Waals surface area contributed by atoms with Crippen molar-refractivity contribution in [2.24, 2.45) is 5.92 Å². The highest BCUT2D eigenvalue weighted by Crippen LogP contribution is 2.14. The van der Waals surface area contributed by atoms with Crippen molar-refractivity contribution in [1.82, 2.24) is 10.6 Å². The second kappa shape index (κ2) is 7.29. The first kappa shape index (κ1) is 14.9. The average molecular weight is 275 g/mol. The Morgan fingerprint density at radius 2 is 2.10 bits per heavy atom. The fraction of sp³-hybridized carbons (Fsp3) is 0.562. The summed E-state index contributed by atoms with van der Waals surface area (Å²) in [6.07, 6.45) is 3.60. The van der Waals surface area contributed by atoms with E-state index in [0.717, 1.165) is 37.3 Å². The van der Waals surface area contributed by atoms with Crippen molar-refractivity contribution in [3.63, 3.8) is 0 Å². The zero-order valence-corrected chi connectivity index (χ0v) is 12.5. The molecule has 1 saturated heterocycles. The van der Waals surface area contributed by atoms with Crippen LogP contribution in [0.15, 0.2) is 24.3 Å². The molecule has 1 aromatic rings. The van der Waals surface area contributed by atoms with Gasteiger partial charge in [0.25, 0.3) is 5.91 Å². The Morgan fingerprint density at radius 1 is 1.35 bits per heavy atom. The molecule has 1 amide bonds. The van der Waals surface area contributed by atoms with Gasteiger partial charge in [0.2, 0.25) is 0 Å². The fourth-order valence-corrected chi connectivity index (χ4v) is 2.57. The number of carbonyl (C=O) groups is 1. The van der Waals surface area contributed by atoms with Gasteiger partial charge in [-0.2, -0.15) is 0 Å². The van der Waals surface area contributed by atoms with Gasteiger partial charge < -0.3 is 15.5 Å². The third-order valence-electron chi connectivity index (χ3n) is 3.88. The molecule has 1 aliphatic heterocycles. The van der Waals surface area contributed by atoms with Gasteiger partial charge in [-0.15, -0.1) is 0 Å². The SMILES string of the molecule is CN(C)c1ccc(C(=O)NCCC2CCCNC2)cc1. The molecule has 110 valence electrons. The number of hydrogen-bond acceptors (Lipinski definition) is 3. The monoisotopic (exact) mass is 275 g/mol. The number of carbonyl (C=O) groups excluding carboxylic acids is 1. The Labute approximate surface area is 121 Å². The number of amides is 1. The molecule has 1 heterocycles. The van der Waals surface area contributed by atoms with E-state index in [1.54, 1.807) is 0 Å². The Bertz CT molecular complexity index is 422. The van der Waals surface area contributed by atoms with Crippen LogP contribution in [0.3, 0.4) is 0 Å². The number of nitrogens with zero attached hydrogens (tertiary/aromatic N) is 1. The van der Waals surface area contributed by atoms with Crippen LogP contribution >= 0.6 is 0 Å². The Morgan fingerprint density at radius 3 is 2.70 bits per heavy atom. The molecule has 1 aliphatic rings. The first-order chi connectivity index (χ1) is 9.66. The van der Waals surface area contributed by atoms with Crippen LogP contribution in [-0.4, -0.2) is 39.6 Å². The van der Waals surface area contributed by atoms with Gasteiger partial charge in [0.1, 0.15) is 0 Å².